The summed E-state index contributed by atoms with van der Waals surface area (Å²) in [7, 11) is 5.05. The highest BCUT2D eigenvalue weighted by Gasteiger charge is 2.51. The maximum Gasteiger partial charge on any atom is 0.149 e. The zero-order chi connectivity index (χ0) is 88.9. The lowest BCUT2D eigenvalue weighted by Gasteiger charge is -2.35. The molecule has 22 rings (SSSR count). The molecule has 12 heteroatoms. The van der Waals surface area contributed by atoms with Gasteiger partial charge in [-0.25, -0.2) is 0 Å². The first-order valence-corrected chi connectivity index (χ1v) is 44.3. The third-order valence-electron chi connectivity index (χ3n) is 24.7. The Bertz CT molecular complexity index is 7360. The van der Waals surface area contributed by atoms with E-state index in [4.69, 9.17) is 27.8 Å². The summed E-state index contributed by atoms with van der Waals surface area (Å²) in [4.78, 5) is 13.2. The number of nitrogens with zero attached hydrogens (tertiary/aromatic N) is 5. The normalized spacial score (nSPS) is 14.6. The van der Waals surface area contributed by atoms with Crippen molar-refractivity contribution in [2.45, 2.75) is 43.8 Å². The Morgan fingerprint density at radius 2 is 0.641 bits per heavy atom. The van der Waals surface area contributed by atoms with Crippen LogP contribution in [0.3, 0.4) is 0 Å². The van der Waals surface area contributed by atoms with Crippen molar-refractivity contribution < 1.29 is 27.8 Å². The standard InChI is InChI=1S/C58H41N3OS.C58H44N2O4S/c1-2-40-14-13-19-49(38-40)61(45-17-7-4-8-18-45)48-34-28-43(29-35-48)58(42-26-32-47(33-27-42)60(44-15-5-3-6-16-44)46-30-24-41(39-59)25-31-46)51-21-10-9-20-50(51)56-52(58)36-37-55-57(56)62-53-22-11-12-23-54(53)63-55;1-61-47-32-28-44(29-33-47)59(41-12-5-4-6-13-41)42-24-20-39(21-25-42)58(51-17-8-7-16-50(51)56-52(58)36-37-55-57(56)64-53-18-9-10-19-54(53)65-55)40-22-26-43(27-23-40)60(45-30-34-48(62-2)35-31-45)46-14-11-15-49(38-46)63-3/h3-38H,2H2,1H3;4-38H,1-3H3/i4D,5D;5D. The van der Waals surface area contributed by atoms with Crippen molar-refractivity contribution in [2.75, 3.05) is 40.9 Å². The van der Waals surface area contributed by atoms with Crippen molar-refractivity contribution in [2.24, 2.45) is 0 Å². The number of benzene rings is 18. The van der Waals surface area contributed by atoms with Crippen LogP contribution in [0, 0.1) is 11.3 Å². The first kappa shape index (κ1) is 76.0. The van der Waals surface area contributed by atoms with Gasteiger partial charge in [-0.3, -0.25) is 0 Å². The second kappa shape index (κ2) is 34.1. The van der Waals surface area contributed by atoms with Gasteiger partial charge in [0, 0.05) is 85.4 Å². The first-order valence-electron chi connectivity index (χ1n) is 44.2. The lowest BCUT2D eigenvalue weighted by atomic mass is 9.67. The number of fused-ring (bicyclic) bond motifs is 12. The number of anilines is 12. The lowest BCUT2D eigenvalue weighted by molar-refractivity contribution is 0.414. The van der Waals surface area contributed by atoms with Gasteiger partial charge in [0.25, 0.3) is 0 Å². The molecule has 4 aliphatic rings. The highest BCUT2D eigenvalue weighted by atomic mass is 32.2. The van der Waals surface area contributed by atoms with Crippen LogP contribution in [-0.2, 0) is 17.3 Å². The average Bonchev–Trinajstić information content (AvgIpc) is 1.53. The van der Waals surface area contributed by atoms with E-state index in [0.717, 1.165) is 190 Å². The molecule has 0 amide bonds. The molecule has 2 atom stereocenters. The molecule has 2 heterocycles. The van der Waals surface area contributed by atoms with Crippen LogP contribution >= 0.6 is 23.5 Å². The topological polar surface area (TPSA) is 82.9 Å². The second-order valence-electron chi connectivity index (χ2n) is 31.6. The number of para-hydroxylation sites is 5. The Hall–Kier alpha value is -15.7. The van der Waals surface area contributed by atoms with Gasteiger partial charge in [-0.1, -0.05) is 237 Å². The zero-order valence-corrected chi connectivity index (χ0v) is 72.2. The van der Waals surface area contributed by atoms with E-state index in [2.05, 4.69) is 293 Å². The molecular formula is C116H85N5O5S2. The molecule has 0 N–H and O–H groups in total. The largest absolute Gasteiger partial charge is 0.497 e. The lowest BCUT2D eigenvalue weighted by Crippen LogP contribution is -2.29. The van der Waals surface area contributed by atoms with Gasteiger partial charge in [0.15, 0.2) is 0 Å². The summed E-state index contributed by atoms with van der Waals surface area (Å²) in [5.41, 5.74) is 25.3. The Kier molecular flexibility index (Phi) is 20.3. The summed E-state index contributed by atoms with van der Waals surface area (Å²) in [6.45, 7) is 2.18. The van der Waals surface area contributed by atoms with Gasteiger partial charge in [0.1, 0.15) is 40.2 Å². The number of ether oxygens (including phenoxy) is 5. The van der Waals surface area contributed by atoms with Gasteiger partial charge in [0.05, 0.1) is 67.5 Å². The molecule has 0 aromatic heterocycles. The van der Waals surface area contributed by atoms with Gasteiger partial charge in [-0.15, -0.1) is 0 Å². The molecule has 18 aromatic rings. The molecule has 0 bridgehead atoms. The van der Waals surface area contributed by atoms with Crippen LogP contribution in [-0.4, -0.2) is 21.3 Å². The van der Waals surface area contributed by atoms with Gasteiger partial charge < -0.3 is 43.3 Å². The smallest absolute Gasteiger partial charge is 0.149 e. The summed E-state index contributed by atoms with van der Waals surface area (Å²) < 4.78 is 55.9. The van der Waals surface area contributed by atoms with E-state index >= 15 is 0 Å². The molecule has 0 spiro atoms. The molecule has 0 saturated heterocycles. The fourth-order valence-corrected chi connectivity index (χ4v) is 20.8. The van der Waals surface area contributed by atoms with Crippen molar-refractivity contribution in [3.8, 4) is 68.6 Å². The van der Waals surface area contributed by atoms with E-state index in [1.54, 1.807) is 57.0 Å². The van der Waals surface area contributed by atoms with E-state index < -0.39 is 10.8 Å². The van der Waals surface area contributed by atoms with Gasteiger partial charge in [-0.2, -0.15) is 5.26 Å². The molecular weight excluding hydrogens is 1610 g/mol. The van der Waals surface area contributed by atoms with Gasteiger partial charge in [0.2, 0.25) is 0 Å². The molecule has 2 aliphatic carbocycles. The maximum absolute atomic E-state index is 9.61. The third kappa shape index (κ3) is 14.1. The van der Waals surface area contributed by atoms with Gasteiger partial charge >= 0.3 is 0 Å². The molecule has 2 unspecified atom stereocenters. The van der Waals surface area contributed by atoms with Crippen molar-refractivity contribution in [3.05, 3.63) is 486 Å². The zero-order valence-electron chi connectivity index (χ0n) is 73.6. The Morgan fingerprint density at radius 3 is 1.05 bits per heavy atom. The summed E-state index contributed by atoms with van der Waals surface area (Å²) >= 11 is 3.50. The minimum atomic E-state index is -0.747. The first-order chi connectivity index (χ1) is 64.4. The molecule has 2 aliphatic heterocycles. The van der Waals surface area contributed by atoms with Crippen LogP contribution in [0.2, 0.25) is 0 Å². The number of nitriles is 1. The van der Waals surface area contributed by atoms with Crippen LogP contribution < -0.4 is 43.3 Å². The predicted molar refractivity (Wildman–Crippen MR) is 521 cm³/mol. The van der Waals surface area contributed by atoms with Crippen LogP contribution in [0.5, 0.6) is 40.2 Å². The summed E-state index contributed by atoms with van der Waals surface area (Å²) in [5.74, 6) is 5.80. The third-order valence-corrected chi connectivity index (χ3v) is 26.9. The number of aryl methyl sites for hydroxylation is 1. The number of hydrogen-bond acceptors (Lipinski definition) is 12. The van der Waals surface area contributed by atoms with E-state index in [1.165, 1.54) is 16.7 Å². The fourth-order valence-electron chi connectivity index (χ4n) is 18.9. The van der Waals surface area contributed by atoms with Crippen molar-refractivity contribution in [1.82, 2.24) is 0 Å². The highest BCUT2D eigenvalue weighted by molar-refractivity contribution is 8.00. The molecule has 0 radical (unpaired) electrons. The summed E-state index contributed by atoms with van der Waals surface area (Å²) in [5, 5.41) is 9.61. The Labute approximate surface area is 759 Å². The number of methoxy groups -OCH3 is 3. The second-order valence-corrected chi connectivity index (χ2v) is 33.8. The summed E-state index contributed by atoms with van der Waals surface area (Å²) in [6, 6.07) is 146. The number of hydrogen-bond donors (Lipinski definition) is 0. The minimum Gasteiger partial charge on any atom is -0.497 e. The van der Waals surface area contributed by atoms with Crippen molar-refractivity contribution in [1.29, 1.82) is 5.26 Å². The SMILES string of the molecule is [2H]c1ccc(N(c2ccc(C3(c4ccc(N(c5ccc(C#N)cc5)c5cccc([2H])c5)cc4)c4ccccc4-c4c3ccc3c4Oc4ccccc4S3)cc2)c2cccc(CC)c2)cc1.[2H]c1cccc(N(c2ccc(OC)cc2)c2ccc(C3(c4ccc(N(c5ccc(OC)cc5)c5cccc(OC)c5)cc4)c4ccccc4-c4c3ccc3c4Oc4ccccc4S3)cc2)c1. The fraction of sp³-hybridized carbons (Fsp3) is 0.0603. The van der Waals surface area contributed by atoms with Crippen molar-refractivity contribution in [3.63, 3.8) is 0 Å². The van der Waals surface area contributed by atoms with E-state index in [9.17, 15) is 5.26 Å². The van der Waals surface area contributed by atoms with Crippen LogP contribution in [0.4, 0.5) is 68.2 Å². The van der Waals surface area contributed by atoms with E-state index in [0.29, 0.717) is 23.7 Å². The predicted octanol–water partition coefficient (Wildman–Crippen LogP) is 31.0. The molecule has 10 nitrogen and oxygen atoms in total. The molecule has 616 valence electrons. The molecule has 0 fully saturated rings. The molecule has 128 heavy (non-hydrogen) atoms. The Morgan fingerprint density at radius 1 is 0.297 bits per heavy atom. The maximum atomic E-state index is 9.61. The Balaban J connectivity index is 0.000000158. The van der Waals surface area contributed by atoms with E-state index in [-0.39, 0.29) is 0 Å². The van der Waals surface area contributed by atoms with Crippen LogP contribution in [0.1, 0.15) is 66.7 Å². The van der Waals surface area contributed by atoms with Crippen molar-refractivity contribution >= 4 is 91.8 Å². The van der Waals surface area contributed by atoms with Crippen LogP contribution in [0.25, 0.3) is 22.3 Å². The summed E-state index contributed by atoms with van der Waals surface area (Å²) in [6.07, 6.45) is 0.922. The number of rotatable bonds is 20. The average molecular weight is 1700 g/mol. The monoisotopic (exact) mass is 1690 g/mol. The molecule has 18 aromatic carbocycles. The molecule has 0 saturated carbocycles. The highest BCUT2D eigenvalue weighted by Crippen LogP contribution is 2.65. The minimum absolute atomic E-state index is 0.413. The van der Waals surface area contributed by atoms with E-state index in [1.807, 2.05) is 140 Å². The van der Waals surface area contributed by atoms with Crippen LogP contribution in [0.15, 0.2) is 450 Å². The quantitative estimate of drug-likeness (QED) is 0.0729. The van der Waals surface area contributed by atoms with Gasteiger partial charge in [-0.05, 0) is 286 Å².